The molecule has 0 spiro atoms. The second kappa shape index (κ2) is 7.19. The number of hydrogen-bond acceptors (Lipinski definition) is 6. The normalized spacial score (nSPS) is 10.3. The molecule has 0 aliphatic carbocycles. The summed E-state index contributed by atoms with van der Waals surface area (Å²) in [5, 5.41) is 22.5. The third-order valence-electron chi connectivity index (χ3n) is 2.82. The van der Waals surface area contributed by atoms with Gasteiger partial charge in [0.15, 0.2) is 0 Å². The molecule has 0 amide bonds. The molecule has 0 aliphatic heterocycles. The van der Waals surface area contributed by atoms with Gasteiger partial charge in [0.05, 0.1) is 16.0 Å². The van der Waals surface area contributed by atoms with Gasteiger partial charge >= 0.3 is 0 Å². The molecule has 8 heteroatoms. The van der Waals surface area contributed by atoms with Crippen LogP contribution < -0.4 is 10.1 Å². The zero-order chi connectivity index (χ0) is 16.1. The van der Waals surface area contributed by atoms with E-state index in [2.05, 4.69) is 26.2 Å². The van der Waals surface area contributed by atoms with E-state index in [4.69, 9.17) is 9.84 Å². The fraction of sp³-hybridized carbons (Fsp3) is 0.214. The number of aromatic nitrogens is 1. The molecule has 116 valence electrons. The number of aryl methyl sites for hydroxylation is 1. The van der Waals surface area contributed by atoms with Crippen molar-refractivity contribution in [1.82, 2.24) is 4.98 Å². The minimum Gasteiger partial charge on any atom is -0.491 e. The summed E-state index contributed by atoms with van der Waals surface area (Å²) in [5.74, 6) is 1.17. The standard InChI is InChI=1S/C14H14BrN3O4/c1-9-6-10(2-3-13(9)22-5-4-19)17-14-12(15)7-11(8-16-14)18(20)21/h2-3,6-8,19H,4-5H2,1H3,(H,16,17). The molecule has 1 aromatic heterocycles. The van der Waals surface area contributed by atoms with E-state index in [9.17, 15) is 10.1 Å². The lowest BCUT2D eigenvalue weighted by molar-refractivity contribution is -0.385. The lowest BCUT2D eigenvalue weighted by atomic mass is 10.2. The van der Waals surface area contributed by atoms with Crippen molar-refractivity contribution < 1.29 is 14.8 Å². The highest BCUT2D eigenvalue weighted by atomic mass is 79.9. The minimum absolute atomic E-state index is 0.0426. The summed E-state index contributed by atoms with van der Waals surface area (Å²) in [5.41, 5.74) is 1.59. The number of ether oxygens (including phenoxy) is 1. The van der Waals surface area contributed by atoms with Gasteiger partial charge in [0.2, 0.25) is 0 Å². The quantitative estimate of drug-likeness (QED) is 0.600. The second-order valence-electron chi connectivity index (χ2n) is 4.46. The van der Waals surface area contributed by atoms with Gasteiger partial charge in [-0.3, -0.25) is 10.1 Å². The summed E-state index contributed by atoms with van der Waals surface area (Å²) in [6, 6.07) is 6.84. The molecule has 0 aliphatic rings. The Morgan fingerprint density at radius 1 is 1.45 bits per heavy atom. The van der Waals surface area contributed by atoms with Crippen LogP contribution in [0, 0.1) is 17.0 Å². The molecule has 2 rings (SSSR count). The van der Waals surface area contributed by atoms with Crippen LogP contribution in [0.2, 0.25) is 0 Å². The van der Waals surface area contributed by atoms with Gasteiger partial charge in [0.25, 0.3) is 5.69 Å². The molecule has 22 heavy (non-hydrogen) atoms. The smallest absolute Gasteiger partial charge is 0.288 e. The van der Waals surface area contributed by atoms with E-state index in [1.54, 1.807) is 12.1 Å². The van der Waals surface area contributed by atoms with Crippen molar-refractivity contribution in [3.05, 3.63) is 50.6 Å². The second-order valence-corrected chi connectivity index (χ2v) is 5.31. The molecule has 2 aromatic rings. The van der Waals surface area contributed by atoms with E-state index in [1.807, 2.05) is 13.0 Å². The van der Waals surface area contributed by atoms with Crippen LogP contribution in [0.4, 0.5) is 17.2 Å². The van der Waals surface area contributed by atoms with Gasteiger partial charge < -0.3 is 15.2 Å². The van der Waals surface area contributed by atoms with Crippen LogP contribution in [0.15, 0.2) is 34.9 Å². The summed E-state index contributed by atoms with van der Waals surface area (Å²) in [6.45, 7) is 2.08. The van der Waals surface area contributed by atoms with Crippen molar-refractivity contribution in [2.45, 2.75) is 6.92 Å². The van der Waals surface area contributed by atoms with Crippen LogP contribution in [-0.2, 0) is 0 Å². The van der Waals surface area contributed by atoms with Crippen LogP contribution in [0.5, 0.6) is 5.75 Å². The predicted octanol–water partition coefficient (Wildman–Crippen LogP) is 3.18. The molecule has 0 saturated heterocycles. The molecule has 0 saturated carbocycles. The zero-order valence-electron chi connectivity index (χ0n) is 11.7. The Kier molecular flexibility index (Phi) is 5.29. The Morgan fingerprint density at radius 2 is 2.23 bits per heavy atom. The first-order valence-corrected chi connectivity index (χ1v) is 7.22. The van der Waals surface area contributed by atoms with Crippen LogP contribution in [-0.4, -0.2) is 28.2 Å². The van der Waals surface area contributed by atoms with Gasteiger partial charge in [-0.15, -0.1) is 0 Å². The van der Waals surface area contributed by atoms with Crippen molar-refractivity contribution in [1.29, 1.82) is 0 Å². The van der Waals surface area contributed by atoms with E-state index in [-0.39, 0.29) is 18.9 Å². The largest absolute Gasteiger partial charge is 0.491 e. The van der Waals surface area contributed by atoms with E-state index in [0.717, 1.165) is 11.3 Å². The van der Waals surface area contributed by atoms with E-state index in [1.165, 1.54) is 12.3 Å². The van der Waals surface area contributed by atoms with E-state index < -0.39 is 4.92 Å². The number of hydrogen-bond donors (Lipinski definition) is 2. The summed E-state index contributed by atoms with van der Waals surface area (Å²) in [6.07, 6.45) is 1.19. The number of halogens is 1. The van der Waals surface area contributed by atoms with E-state index >= 15 is 0 Å². The van der Waals surface area contributed by atoms with Crippen molar-refractivity contribution in [2.75, 3.05) is 18.5 Å². The number of nitrogens with zero attached hydrogens (tertiary/aromatic N) is 2. The van der Waals surface area contributed by atoms with Gasteiger partial charge in [0, 0.05) is 11.8 Å². The van der Waals surface area contributed by atoms with Crippen LogP contribution in [0.3, 0.4) is 0 Å². The number of aliphatic hydroxyl groups is 1. The average molecular weight is 368 g/mol. The highest BCUT2D eigenvalue weighted by Gasteiger charge is 2.11. The summed E-state index contributed by atoms with van der Waals surface area (Å²) in [7, 11) is 0. The highest BCUT2D eigenvalue weighted by molar-refractivity contribution is 9.10. The van der Waals surface area contributed by atoms with Crippen molar-refractivity contribution in [3.63, 3.8) is 0 Å². The number of aliphatic hydroxyl groups excluding tert-OH is 1. The molecular weight excluding hydrogens is 354 g/mol. The maximum atomic E-state index is 10.7. The number of anilines is 2. The van der Waals surface area contributed by atoms with Crippen LogP contribution in [0.1, 0.15) is 5.56 Å². The molecule has 0 radical (unpaired) electrons. The zero-order valence-corrected chi connectivity index (χ0v) is 13.3. The van der Waals surface area contributed by atoms with Crippen molar-refractivity contribution >= 4 is 33.1 Å². The summed E-state index contributed by atoms with van der Waals surface area (Å²) >= 11 is 3.26. The third kappa shape index (κ3) is 3.92. The molecule has 0 fully saturated rings. The van der Waals surface area contributed by atoms with Crippen molar-refractivity contribution in [3.8, 4) is 5.75 Å². The SMILES string of the molecule is Cc1cc(Nc2ncc([N+](=O)[O-])cc2Br)ccc1OCCO. The number of nitrogens with one attached hydrogen (secondary N) is 1. The topological polar surface area (TPSA) is 97.5 Å². The summed E-state index contributed by atoms with van der Waals surface area (Å²) < 4.78 is 5.88. The Hall–Kier alpha value is -2.19. The Balaban J connectivity index is 2.17. The lowest BCUT2D eigenvalue weighted by Gasteiger charge is -2.11. The number of pyridine rings is 1. The number of nitro groups is 1. The first-order chi connectivity index (χ1) is 10.5. The fourth-order valence-corrected chi connectivity index (χ4v) is 2.24. The van der Waals surface area contributed by atoms with Gasteiger partial charge in [-0.1, -0.05) is 0 Å². The highest BCUT2D eigenvalue weighted by Crippen LogP contribution is 2.29. The molecule has 7 nitrogen and oxygen atoms in total. The van der Waals surface area contributed by atoms with Crippen molar-refractivity contribution in [2.24, 2.45) is 0 Å². The number of benzene rings is 1. The van der Waals surface area contributed by atoms with Crippen LogP contribution >= 0.6 is 15.9 Å². The Labute approximate surface area is 135 Å². The van der Waals surface area contributed by atoms with Crippen LogP contribution in [0.25, 0.3) is 0 Å². The first kappa shape index (κ1) is 16.2. The molecule has 1 heterocycles. The minimum atomic E-state index is -0.501. The molecule has 0 unspecified atom stereocenters. The fourth-order valence-electron chi connectivity index (χ4n) is 1.80. The maximum Gasteiger partial charge on any atom is 0.288 e. The van der Waals surface area contributed by atoms with Gasteiger partial charge in [-0.2, -0.15) is 0 Å². The van der Waals surface area contributed by atoms with E-state index in [0.29, 0.717) is 16.0 Å². The van der Waals surface area contributed by atoms with Gasteiger partial charge in [0.1, 0.15) is 24.4 Å². The molecule has 1 aromatic carbocycles. The van der Waals surface area contributed by atoms with Gasteiger partial charge in [-0.25, -0.2) is 4.98 Å². The molecular formula is C14H14BrN3O4. The Bertz CT molecular complexity index is 694. The lowest BCUT2D eigenvalue weighted by Crippen LogP contribution is -2.03. The first-order valence-electron chi connectivity index (χ1n) is 6.42. The summed E-state index contributed by atoms with van der Waals surface area (Å²) in [4.78, 5) is 14.2. The predicted molar refractivity (Wildman–Crippen MR) is 85.6 cm³/mol. The average Bonchev–Trinajstić information content (AvgIpc) is 2.48. The number of rotatable bonds is 6. The molecule has 0 bridgehead atoms. The van der Waals surface area contributed by atoms with Gasteiger partial charge in [-0.05, 0) is 46.6 Å². The maximum absolute atomic E-state index is 10.7. The third-order valence-corrected chi connectivity index (χ3v) is 3.43. The molecule has 0 atom stereocenters. The Morgan fingerprint density at radius 3 is 2.82 bits per heavy atom. The molecule has 2 N–H and O–H groups in total. The monoisotopic (exact) mass is 367 g/mol.